The van der Waals surface area contributed by atoms with E-state index in [-0.39, 0.29) is 11.3 Å². The molecule has 0 bridgehead atoms. The van der Waals surface area contributed by atoms with Crippen LogP contribution in [0.1, 0.15) is 48.9 Å². The number of carbonyl (C=O) groups is 1. The van der Waals surface area contributed by atoms with E-state index in [1.165, 1.54) is 6.42 Å². The van der Waals surface area contributed by atoms with Gasteiger partial charge in [-0.3, -0.25) is 9.78 Å². The molecule has 0 atom stereocenters. The zero-order valence-corrected chi connectivity index (χ0v) is 11.6. The van der Waals surface area contributed by atoms with Crippen molar-refractivity contribution in [1.82, 2.24) is 4.98 Å². The molecule has 0 amide bonds. The van der Waals surface area contributed by atoms with E-state index in [1.807, 2.05) is 24.3 Å². The first-order valence-electron chi connectivity index (χ1n) is 7.33. The molecule has 2 aromatic rings. The smallest absolute Gasteiger partial charge is 0.166 e. The molecule has 1 aliphatic carbocycles. The van der Waals surface area contributed by atoms with Gasteiger partial charge in [-0.2, -0.15) is 0 Å². The first kappa shape index (κ1) is 13.3. The Morgan fingerprint density at radius 2 is 1.90 bits per heavy atom. The zero-order chi connectivity index (χ0) is 14.0. The molecule has 0 saturated heterocycles. The van der Waals surface area contributed by atoms with Gasteiger partial charge in [0.1, 0.15) is 0 Å². The molecule has 3 rings (SSSR count). The van der Waals surface area contributed by atoms with E-state index >= 15 is 0 Å². The third-order valence-corrected chi connectivity index (χ3v) is 4.33. The van der Waals surface area contributed by atoms with Gasteiger partial charge in [-0.05, 0) is 18.2 Å². The third kappa shape index (κ3) is 2.59. The minimum atomic E-state index is -0.313. The second kappa shape index (κ2) is 5.33. The van der Waals surface area contributed by atoms with Crippen LogP contribution in [0.15, 0.2) is 36.7 Å². The fraction of sp³-hybridized carbons (Fsp3) is 0.412. The molecule has 3 heteroatoms. The molecule has 0 aliphatic heterocycles. The number of pyridine rings is 1. The van der Waals surface area contributed by atoms with Crippen molar-refractivity contribution in [2.45, 2.75) is 44.1 Å². The minimum absolute atomic E-state index is 0.124. The fourth-order valence-electron chi connectivity index (χ4n) is 3.19. The van der Waals surface area contributed by atoms with Crippen molar-refractivity contribution in [2.24, 2.45) is 5.73 Å². The highest BCUT2D eigenvalue weighted by Gasteiger charge is 2.30. The number of aromatic nitrogens is 1. The quantitative estimate of drug-likeness (QED) is 0.867. The number of rotatable bonds is 3. The normalized spacial score (nSPS) is 18.1. The monoisotopic (exact) mass is 268 g/mol. The lowest BCUT2D eigenvalue weighted by Gasteiger charge is -2.32. The molecule has 0 radical (unpaired) electrons. The van der Waals surface area contributed by atoms with Gasteiger partial charge >= 0.3 is 0 Å². The van der Waals surface area contributed by atoms with E-state index in [4.69, 9.17) is 5.73 Å². The summed E-state index contributed by atoms with van der Waals surface area (Å²) < 4.78 is 0. The van der Waals surface area contributed by atoms with Crippen LogP contribution in [0.25, 0.3) is 10.8 Å². The van der Waals surface area contributed by atoms with E-state index in [0.29, 0.717) is 12.0 Å². The number of hydrogen-bond acceptors (Lipinski definition) is 3. The molecule has 0 unspecified atom stereocenters. The standard InChI is InChI=1S/C17H20N2O/c18-17(8-4-1-5-9-17)10-16(20)15-12-19-11-13-6-2-3-7-14(13)15/h2-3,6-7,11-12H,1,4-5,8-10,18H2. The van der Waals surface area contributed by atoms with E-state index in [2.05, 4.69) is 4.98 Å². The van der Waals surface area contributed by atoms with Crippen LogP contribution in [0.5, 0.6) is 0 Å². The highest BCUT2D eigenvalue weighted by Crippen LogP contribution is 2.30. The van der Waals surface area contributed by atoms with Gasteiger partial charge in [-0.15, -0.1) is 0 Å². The van der Waals surface area contributed by atoms with Crippen molar-refractivity contribution in [3.05, 3.63) is 42.2 Å². The van der Waals surface area contributed by atoms with E-state index in [0.717, 1.165) is 36.5 Å². The number of nitrogens with two attached hydrogens (primary N) is 1. The Kier molecular flexibility index (Phi) is 3.53. The lowest BCUT2D eigenvalue weighted by molar-refractivity contribution is 0.0936. The van der Waals surface area contributed by atoms with E-state index in [9.17, 15) is 4.79 Å². The van der Waals surface area contributed by atoms with Crippen LogP contribution in [0, 0.1) is 0 Å². The molecular formula is C17H20N2O. The van der Waals surface area contributed by atoms with Crippen LogP contribution in [-0.2, 0) is 0 Å². The maximum atomic E-state index is 12.6. The molecule has 2 N–H and O–H groups in total. The van der Waals surface area contributed by atoms with Crippen molar-refractivity contribution < 1.29 is 4.79 Å². The van der Waals surface area contributed by atoms with E-state index < -0.39 is 0 Å². The molecule has 104 valence electrons. The topological polar surface area (TPSA) is 56.0 Å². The summed E-state index contributed by atoms with van der Waals surface area (Å²) in [4.78, 5) is 16.8. The first-order chi connectivity index (χ1) is 9.68. The maximum absolute atomic E-state index is 12.6. The number of carbonyl (C=O) groups excluding carboxylic acids is 1. The first-order valence-corrected chi connectivity index (χ1v) is 7.33. The maximum Gasteiger partial charge on any atom is 0.166 e. The largest absolute Gasteiger partial charge is 0.325 e. The Hall–Kier alpha value is -1.74. The molecule has 1 aromatic carbocycles. The summed E-state index contributed by atoms with van der Waals surface area (Å²) in [6, 6.07) is 7.88. The molecule has 1 saturated carbocycles. The summed E-state index contributed by atoms with van der Waals surface area (Å²) in [5.74, 6) is 0.124. The summed E-state index contributed by atoms with van der Waals surface area (Å²) in [5.41, 5.74) is 6.79. The average molecular weight is 268 g/mol. The molecule has 3 nitrogen and oxygen atoms in total. The summed E-state index contributed by atoms with van der Waals surface area (Å²) in [6.45, 7) is 0. The average Bonchev–Trinajstić information content (AvgIpc) is 2.47. The number of nitrogens with zero attached hydrogens (tertiary/aromatic N) is 1. The second-order valence-corrected chi connectivity index (χ2v) is 5.93. The minimum Gasteiger partial charge on any atom is -0.325 e. The Balaban J connectivity index is 1.89. The van der Waals surface area contributed by atoms with Crippen LogP contribution in [0.4, 0.5) is 0 Å². The number of ketones is 1. The van der Waals surface area contributed by atoms with Crippen LogP contribution in [0.3, 0.4) is 0 Å². The van der Waals surface area contributed by atoms with Crippen LogP contribution in [-0.4, -0.2) is 16.3 Å². The molecular weight excluding hydrogens is 248 g/mol. The number of hydrogen-bond donors (Lipinski definition) is 1. The SMILES string of the molecule is NC1(CC(=O)c2cncc3ccccc23)CCCCC1. The van der Waals surface area contributed by atoms with Gasteiger partial charge in [0, 0.05) is 35.3 Å². The zero-order valence-electron chi connectivity index (χ0n) is 11.6. The van der Waals surface area contributed by atoms with Gasteiger partial charge in [0.25, 0.3) is 0 Å². The van der Waals surface area contributed by atoms with Gasteiger partial charge in [0.15, 0.2) is 5.78 Å². The van der Waals surface area contributed by atoms with Gasteiger partial charge in [0.2, 0.25) is 0 Å². The molecule has 20 heavy (non-hydrogen) atoms. The van der Waals surface area contributed by atoms with Crippen molar-refractivity contribution >= 4 is 16.6 Å². The van der Waals surface area contributed by atoms with Gasteiger partial charge in [-0.25, -0.2) is 0 Å². The fourth-order valence-corrected chi connectivity index (χ4v) is 3.19. The van der Waals surface area contributed by atoms with Crippen molar-refractivity contribution in [3.8, 4) is 0 Å². The van der Waals surface area contributed by atoms with Crippen LogP contribution >= 0.6 is 0 Å². The molecule has 1 aromatic heterocycles. The van der Waals surface area contributed by atoms with Crippen LogP contribution < -0.4 is 5.73 Å². The number of Topliss-reactive ketones (excluding diaryl/α,β-unsaturated/α-hetero) is 1. The van der Waals surface area contributed by atoms with Gasteiger partial charge < -0.3 is 5.73 Å². The highest BCUT2D eigenvalue weighted by atomic mass is 16.1. The number of benzene rings is 1. The third-order valence-electron chi connectivity index (χ3n) is 4.33. The summed E-state index contributed by atoms with van der Waals surface area (Å²) in [6.07, 6.45) is 9.33. The molecule has 0 spiro atoms. The summed E-state index contributed by atoms with van der Waals surface area (Å²) >= 11 is 0. The second-order valence-electron chi connectivity index (χ2n) is 5.93. The van der Waals surface area contributed by atoms with Crippen LogP contribution in [0.2, 0.25) is 0 Å². The number of fused-ring (bicyclic) bond motifs is 1. The predicted molar refractivity (Wildman–Crippen MR) is 80.7 cm³/mol. The molecule has 1 aliphatic rings. The van der Waals surface area contributed by atoms with Gasteiger partial charge in [-0.1, -0.05) is 43.5 Å². The lowest BCUT2D eigenvalue weighted by atomic mass is 9.78. The Bertz CT molecular complexity index is 624. The highest BCUT2D eigenvalue weighted by molar-refractivity contribution is 6.07. The van der Waals surface area contributed by atoms with E-state index in [1.54, 1.807) is 12.4 Å². The Labute approximate surface area is 119 Å². The van der Waals surface area contributed by atoms with Crippen molar-refractivity contribution in [3.63, 3.8) is 0 Å². The van der Waals surface area contributed by atoms with Crippen molar-refractivity contribution in [2.75, 3.05) is 0 Å². The summed E-state index contributed by atoms with van der Waals surface area (Å²) in [5, 5.41) is 1.99. The molecule has 1 heterocycles. The molecule has 1 fully saturated rings. The Morgan fingerprint density at radius 3 is 2.70 bits per heavy atom. The van der Waals surface area contributed by atoms with Crippen molar-refractivity contribution in [1.29, 1.82) is 0 Å². The lowest BCUT2D eigenvalue weighted by Crippen LogP contribution is -2.43. The van der Waals surface area contributed by atoms with Gasteiger partial charge in [0.05, 0.1) is 0 Å². The Morgan fingerprint density at radius 1 is 1.15 bits per heavy atom. The predicted octanol–water partition coefficient (Wildman–Crippen LogP) is 3.47. The summed E-state index contributed by atoms with van der Waals surface area (Å²) in [7, 11) is 0.